The smallest absolute Gasteiger partial charge is 0.203 e. The van der Waals surface area contributed by atoms with Crippen LogP contribution in [0.5, 0.6) is 5.88 Å². The third-order valence-electron chi connectivity index (χ3n) is 5.79. The van der Waals surface area contributed by atoms with Crippen LogP contribution in [-0.2, 0) is 7.05 Å². The number of piperazine rings is 1. The lowest BCUT2D eigenvalue weighted by Gasteiger charge is -2.34. The molecule has 0 saturated carbocycles. The normalized spacial score (nSPS) is 15.9. The van der Waals surface area contributed by atoms with E-state index < -0.39 is 0 Å². The molecule has 5 rings (SSSR count). The fourth-order valence-corrected chi connectivity index (χ4v) is 4.04. The van der Waals surface area contributed by atoms with Gasteiger partial charge in [-0.3, -0.25) is 4.57 Å². The van der Waals surface area contributed by atoms with E-state index in [4.69, 9.17) is 0 Å². The highest BCUT2D eigenvalue weighted by Crippen LogP contribution is 2.34. The molecule has 1 N–H and O–H groups in total. The Balaban J connectivity index is 1.57. The zero-order valence-electron chi connectivity index (χ0n) is 15.8. The molecule has 0 radical (unpaired) electrons. The van der Waals surface area contributed by atoms with Crippen LogP contribution in [0, 0.1) is 0 Å². The summed E-state index contributed by atoms with van der Waals surface area (Å²) >= 11 is 0. The van der Waals surface area contributed by atoms with Crippen LogP contribution >= 0.6 is 0 Å². The number of hydrogen-bond donors (Lipinski definition) is 1. The Hall–Kier alpha value is -2.92. The SMILES string of the molecule is CN1CCN(c2ccc3cn(-c4ccc5ccn(C)c5c4)c(O)c3c2)CC1. The molecule has 3 heterocycles. The first-order valence-corrected chi connectivity index (χ1v) is 9.43. The van der Waals surface area contributed by atoms with Gasteiger partial charge in [-0.25, -0.2) is 0 Å². The molecule has 27 heavy (non-hydrogen) atoms. The van der Waals surface area contributed by atoms with E-state index in [0.29, 0.717) is 5.88 Å². The molecule has 1 aliphatic heterocycles. The summed E-state index contributed by atoms with van der Waals surface area (Å²) in [6, 6.07) is 14.8. The third kappa shape index (κ3) is 2.66. The van der Waals surface area contributed by atoms with Gasteiger partial charge in [0.05, 0.1) is 5.69 Å². The van der Waals surface area contributed by atoms with Gasteiger partial charge in [0.2, 0.25) is 5.88 Å². The van der Waals surface area contributed by atoms with E-state index in [1.165, 1.54) is 11.1 Å². The Kier molecular flexibility index (Phi) is 3.65. The van der Waals surface area contributed by atoms with Gasteiger partial charge in [-0.2, -0.15) is 0 Å². The first-order chi connectivity index (χ1) is 13.1. The molecule has 0 amide bonds. The van der Waals surface area contributed by atoms with Gasteiger partial charge in [-0.1, -0.05) is 12.1 Å². The lowest BCUT2D eigenvalue weighted by molar-refractivity contribution is 0.313. The summed E-state index contributed by atoms with van der Waals surface area (Å²) in [5.41, 5.74) is 3.31. The number of rotatable bonds is 2. The average Bonchev–Trinajstić information content (AvgIpc) is 3.22. The molecule has 0 spiro atoms. The van der Waals surface area contributed by atoms with Gasteiger partial charge < -0.3 is 19.5 Å². The van der Waals surface area contributed by atoms with Gasteiger partial charge in [0, 0.05) is 67.6 Å². The topological polar surface area (TPSA) is 36.6 Å². The fraction of sp³-hybridized carbons (Fsp3) is 0.273. The van der Waals surface area contributed by atoms with Gasteiger partial charge in [0.15, 0.2) is 0 Å². The Morgan fingerprint density at radius 3 is 2.37 bits per heavy atom. The third-order valence-corrected chi connectivity index (χ3v) is 5.79. The van der Waals surface area contributed by atoms with Gasteiger partial charge in [0.1, 0.15) is 0 Å². The number of anilines is 1. The van der Waals surface area contributed by atoms with E-state index in [0.717, 1.165) is 48.2 Å². The maximum Gasteiger partial charge on any atom is 0.203 e. The minimum Gasteiger partial charge on any atom is -0.494 e. The first kappa shape index (κ1) is 16.3. The van der Waals surface area contributed by atoms with Gasteiger partial charge >= 0.3 is 0 Å². The first-order valence-electron chi connectivity index (χ1n) is 9.43. The highest BCUT2D eigenvalue weighted by Gasteiger charge is 2.17. The molecule has 138 valence electrons. The largest absolute Gasteiger partial charge is 0.494 e. The summed E-state index contributed by atoms with van der Waals surface area (Å²) in [5.74, 6) is 0.300. The van der Waals surface area contributed by atoms with Crippen molar-refractivity contribution < 1.29 is 5.11 Å². The maximum atomic E-state index is 10.9. The molecule has 5 nitrogen and oxygen atoms in total. The summed E-state index contributed by atoms with van der Waals surface area (Å²) in [4.78, 5) is 4.74. The number of nitrogens with zero attached hydrogens (tertiary/aromatic N) is 4. The highest BCUT2D eigenvalue weighted by atomic mass is 16.3. The number of likely N-dealkylation sites (N-methyl/N-ethyl adjacent to an activating group) is 1. The van der Waals surface area contributed by atoms with Crippen molar-refractivity contribution in [1.82, 2.24) is 14.0 Å². The minimum absolute atomic E-state index is 0.300. The highest BCUT2D eigenvalue weighted by molar-refractivity contribution is 5.92. The van der Waals surface area contributed by atoms with Crippen molar-refractivity contribution in [3.8, 4) is 11.6 Å². The quantitative estimate of drug-likeness (QED) is 0.594. The predicted molar refractivity (Wildman–Crippen MR) is 111 cm³/mol. The minimum atomic E-state index is 0.300. The van der Waals surface area contributed by atoms with Gasteiger partial charge in [-0.15, -0.1) is 0 Å². The number of fused-ring (bicyclic) bond motifs is 2. The Bertz CT molecular complexity index is 1130. The molecule has 5 heteroatoms. The van der Waals surface area contributed by atoms with E-state index in [1.54, 1.807) is 0 Å². The molecule has 0 bridgehead atoms. The van der Waals surface area contributed by atoms with E-state index in [-0.39, 0.29) is 0 Å². The standard InChI is InChI=1S/C22H24N4O/c1-23-9-11-25(12-10-23)18-5-4-17-15-26(22(27)20(17)13-18)19-6-3-16-7-8-24(2)21(16)14-19/h3-8,13-15,27H,9-12H2,1-2H3. The number of aromatic nitrogens is 2. The summed E-state index contributed by atoms with van der Waals surface area (Å²) in [7, 11) is 4.20. The Labute approximate surface area is 158 Å². The van der Waals surface area contributed by atoms with Crippen LogP contribution in [0.1, 0.15) is 0 Å². The van der Waals surface area contributed by atoms with Gasteiger partial charge in [0.25, 0.3) is 0 Å². The van der Waals surface area contributed by atoms with Crippen molar-refractivity contribution in [3.05, 3.63) is 54.9 Å². The zero-order valence-corrected chi connectivity index (χ0v) is 15.8. The molecule has 2 aromatic carbocycles. The Morgan fingerprint density at radius 2 is 1.56 bits per heavy atom. The van der Waals surface area contributed by atoms with Crippen LogP contribution in [0.25, 0.3) is 27.4 Å². The summed E-state index contributed by atoms with van der Waals surface area (Å²) in [6.07, 6.45) is 4.07. The van der Waals surface area contributed by atoms with Crippen LogP contribution in [0.3, 0.4) is 0 Å². The predicted octanol–water partition coefficient (Wildman–Crippen LogP) is 3.58. The second kappa shape index (κ2) is 6.06. The van der Waals surface area contributed by atoms with Crippen molar-refractivity contribution in [3.63, 3.8) is 0 Å². The molecule has 2 aromatic heterocycles. The Morgan fingerprint density at radius 1 is 0.815 bits per heavy atom. The molecule has 1 fully saturated rings. The van der Waals surface area contributed by atoms with Crippen molar-refractivity contribution in [2.24, 2.45) is 7.05 Å². The molecule has 0 aliphatic carbocycles. The van der Waals surface area contributed by atoms with E-state index in [2.05, 4.69) is 70.1 Å². The second-order valence-corrected chi connectivity index (χ2v) is 7.55. The summed E-state index contributed by atoms with van der Waals surface area (Å²) in [6.45, 7) is 4.19. The van der Waals surface area contributed by atoms with Gasteiger partial charge in [-0.05, 0) is 42.8 Å². The van der Waals surface area contributed by atoms with Crippen LogP contribution in [0.4, 0.5) is 5.69 Å². The van der Waals surface area contributed by atoms with Crippen molar-refractivity contribution in [2.45, 2.75) is 0 Å². The zero-order chi connectivity index (χ0) is 18.5. The number of aromatic hydroxyl groups is 1. The molecular formula is C22H24N4O. The molecular weight excluding hydrogens is 336 g/mol. The molecule has 1 saturated heterocycles. The lowest BCUT2D eigenvalue weighted by atomic mass is 10.1. The van der Waals surface area contributed by atoms with E-state index in [9.17, 15) is 5.11 Å². The fourth-order valence-electron chi connectivity index (χ4n) is 4.04. The monoisotopic (exact) mass is 360 g/mol. The lowest BCUT2D eigenvalue weighted by Crippen LogP contribution is -2.44. The summed E-state index contributed by atoms with van der Waals surface area (Å²) < 4.78 is 3.98. The maximum absolute atomic E-state index is 10.9. The van der Waals surface area contributed by atoms with E-state index in [1.807, 2.05) is 17.8 Å². The molecule has 0 atom stereocenters. The van der Waals surface area contributed by atoms with Crippen LogP contribution in [0.2, 0.25) is 0 Å². The van der Waals surface area contributed by atoms with Crippen molar-refractivity contribution in [1.29, 1.82) is 0 Å². The van der Waals surface area contributed by atoms with Crippen LogP contribution < -0.4 is 4.90 Å². The van der Waals surface area contributed by atoms with E-state index >= 15 is 0 Å². The van der Waals surface area contributed by atoms with Crippen molar-refractivity contribution in [2.75, 3.05) is 38.1 Å². The number of aryl methyl sites for hydroxylation is 1. The molecule has 4 aromatic rings. The average molecular weight is 360 g/mol. The summed E-state index contributed by atoms with van der Waals surface area (Å²) in [5, 5.41) is 14.1. The van der Waals surface area contributed by atoms with Crippen LogP contribution in [0.15, 0.2) is 54.9 Å². The second-order valence-electron chi connectivity index (χ2n) is 7.55. The molecule has 0 unspecified atom stereocenters. The number of hydrogen-bond acceptors (Lipinski definition) is 3. The van der Waals surface area contributed by atoms with Crippen molar-refractivity contribution >= 4 is 27.4 Å². The molecule has 1 aliphatic rings. The van der Waals surface area contributed by atoms with Crippen LogP contribution in [-0.4, -0.2) is 52.4 Å². The number of benzene rings is 2.